The maximum absolute atomic E-state index is 11.8. The molecule has 3 N–H and O–H groups in total. The predicted octanol–water partition coefficient (Wildman–Crippen LogP) is 0.455. The Morgan fingerprint density at radius 3 is 2.53 bits per heavy atom. The molecule has 0 amide bonds. The van der Waals surface area contributed by atoms with E-state index in [2.05, 4.69) is 21.7 Å². The molecule has 5 nitrogen and oxygen atoms in total. The Hall–Kier alpha value is -0.170. The topological polar surface area (TPSA) is 70.2 Å². The minimum atomic E-state index is -3.38. The van der Waals surface area contributed by atoms with Gasteiger partial charge in [0.05, 0.1) is 0 Å². The molecule has 102 valence electrons. The van der Waals surface area contributed by atoms with Crippen LogP contribution in [0, 0.1) is 11.8 Å². The molecule has 1 aliphatic rings. The second kappa shape index (κ2) is 5.65. The number of hydrogen-bond donors (Lipinski definition) is 3. The van der Waals surface area contributed by atoms with Gasteiger partial charge in [-0.25, -0.2) is 4.72 Å². The summed E-state index contributed by atoms with van der Waals surface area (Å²) in [5.74, 6) is 0.939. The van der Waals surface area contributed by atoms with Gasteiger partial charge in [-0.1, -0.05) is 6.92 Å². The van der Waals surface area contributed by atoms with Crippen molar-refractivity contribution < 1.29 is 8.42 Å². The van der Waals surface area contributed by atoms with Gasteiger partial charge < -0.3 is 5.32 Å². The van der Waals surface area contributed by atoms with Gasteiger partial charge in [-0.2, -0.15) is 13.1 Å². The van der Waals surface area contributed by atoms with Gasteiger partial charge in [0.25, 0.3) is 10.2 Å². The molecule has 1 heterocycles. The van der Waals surface area contributed by atoms with E-state index in [-0.39, 0.29) is 0 Å². The van der Waals surface area contributed by atoms with Crippen LogP contribution >= 0.6 is 0 Å². The zero-order valence-corrected chi connectivity index (χ0v) is 12.0. The molecular formula is C11H25N3O2S. The first kappa shape index (κ1) is 14.9. The van der Waals surface area contributed by atoms with Crippen molar-refractivity contribution in [2.45, 2.75) is 39.7 Å². The lowest BCUT2D eigenvalue weighted by atomic mass is 9.88. The normalized spacial score (nSPS) is 27.1. The van der Waals surface area contributed by atoms with Crippen molar-refractivity contribution in [3.63, 3.8) is 0 Å². The summed E-state index contributed by atoms with van der Waals surface area (Å²) in [6.45, 7) is 10.1. The summed E-state index contributed by atoms with van der Waals surface area (Å²) in [7, 11) is -3.38. The van der Waals surface area contributed by atoms with E-state index < -0.39 is 15.7 Å². The first-order valence-corrected chi connectivity index (χ1v) is 7.67. The zero-order valence-electron chi connectivity index (χ0n) is 11.2. The van der Waals surface area contributed by atoms with Gasteiger partial charge in [-0.3, -0.25) is 0 Å². The molecule has 2 unspecified atom stereocenters. The van der Waals surface area contributed by atoms with E-state index in [1.54, 1.807) is 0 Å². The van der Waals surface area contributed by atoms with Crippen molar-refractivity contribution >= 4 is 10.2 Å². The molecular weight excluding hydrogens is 238 g/mol. The van der Waals surface area contributed by atoms with Crippen molar-refractivity contribution in [2.24, 2.45) is 11.8 Å². The van der Waals surface area contributed by atoms with E-state index in [4.69, 9.17) is 0 Å². The second-order valence-electron chi connectivity index (χ2n) is 5.93. The molecule has 0 saturated carbocycles. The van der Waals surface area contributed by atoms with E-state index in [1.807, 2.05) is 20.8 Å². The molecule has 0 bridgehead atoms. The third-order valence-corrected chi connectivity index (χ3v) is 4.37. The van der Waals surface area contributed by atoms with Crippen molar-refractivity contribution in [2.75, 3.05) is 19.6 Å². The van der Waals surface area contributed by atoms with Crippen LogP contribution in [0.5, 0.6) is 0 Å². The van der Waals surface area contributed by atoms with Crippen molar-refractivity contribution in [1.82, 2.24) is 14.8 Å². The third kappa shape index (κ3) is 5.81. The summed E-state index contributed by atoms with van der Waals surface area (Å²) in [6.07, 6.45) is 1.03. The van der Waals surface area contributed by atoms with Crippen LogP contribution in [-0.2, 0) is 10.2 Å². The van der Waals surface area contributed by atoms with Crippen LogP contribution in [-0.4, -0.2) is 33.6 Å². The molecule has 1 rings (SSSR count). The van der Waals surface area contributed by atoms with Gasteiger partial charge in [-0.15, -0.1) is 0 Å². The van der Waals surface area contributed by atoms with Crippen LogP contribution in [0.3, 0.4) is 0 Å². The highest BCUT2D eigenvalue weighted by molar-refractivity contribution is 7.87. The summed E-state index contributed by atoms with van der Waals surface area (Å²) < 4.78 is 28.8. The highest BCUT2D eigenvalue weighted by Gasteiger charge is 2.24. The summed E-state index contributed by atoms with van der Waals surface area (Å²) >= 11 is 0. The molecule has 0 radical (unpaired) electrons. The summed E-state index contributed by atoms with van der Waals surface area (Å²) in [6, 6.07) is 0. The lowest BCUT2D eigenvalue weighted by Crippen LogP contribution is -2.49. The van der Waals surface area contributed by atoms with E-state index in [1.165, 1.54) is 0 Å². The minimum Gasteiger partial charge on any atom is -0.316 e. The highest BCUT2D eigenvalue weighted by Crippen LogP contribution is 2.17. The fraction of sp³-hybridized carbons (Fsp3) is 1.00. The SMILES string of the molecule is CC1CNCCC1CNS(=O)(=O)NC(C)(C)C. The molecule has 1 aliphatic heterocycles. The van der Waals surface area contributed by atoms with E-state index in [0.29, 0.717) is 18.4 Å². The van der Waals surface area contributed by atoms with Gasteiger partial charge in [0.15, 0.2) is 0 Å². The average Bonchev–Trinajstić information content (AvgIpc) is 2.13. The van der Waals surface area contributed by atoms with E-state index in [9.17, 15) is 8.42 Å². The van der Waals surface area contributed by atoms with Gasteiger partial charge in [0, 0.05) is 12.1 Å². The van der Waals surface area contributed by atoms with Gasteiger partial charge in [0.1, 0.15) is 0 Å². The average molecular weight is 263 g/mol. The van der Waals surface area contributed by atoms with E-state index >= 15 is 0 Å². The Labute approximate surface area is 105 Å². The Balaban J connectivity index is 2.44. The van der Waals surface area contributed by atoms with Crippen LogP contribution in [0.2, 0.25) is 0 Å². The van der Waals surface area contributed by atoms with Gasteiger partial charge in [0.2, 0.25) is 0 Å². The number of rotatable bonds is 4. The first-order chi connectivity index (χ1) is 7.70. The van der Waals surface area contributed by atoms with E-state index in [0.717, 1.165) is 19.5 Å². The summed E-state index contributed by atoms with van der Waals surface area (Å²) in [5.41, 5.74) is -0.439. The fourth-order valence-electron chi connectivity index (χ4n) is 2.03. The Morgan fingerprint density at radius 2 is 2.00 bits per heavy atom. The van der Waals surface area contributed by atoms with Crippen molar-refractivity contribution in [3.8, 4) is 0 Å². The molecule has 17 heavy (non-hydrogen) atoms. The number of piperidine rings is 1. The molecule has 1 saturated heterocycles. The predicted molar refractivity (Wildman–Crippen MR) is 70.0 cm³/mol. The monoisotopic (exact) mass is 263 g/mol. The zero-order chi connectivity index (χ0) is 13.1. The van der Waals surface area contributed by atoms with Gasteiger partial charge in [-0.05, 0) is 52.1 Å². The van der Waals surface area contributed by atoms with Gasteiger partial charge >= 0.3 is 0 Å². The molecule has 1 fully saturated rings. The van der Waals surface area contributed by atoms with Crippen LogP contribution in [0.15, 0.2) is 0 Å². The largest absolute Gasteiger partial charge is 0.316 e. The Morgan fingerprint density at radius 1 is 1.35 bits per heavy atom. The summed E-state index contributed by atoms with van der Waals surface area (Å²) in [4.78, 5) is 0. The molecule has 0 aliphatic carbocycles. The molecule has 0 aromatic heterocycles. The quantitative estimate of drug-likeness (QED) is 0.690. The van der Waals surface area contributed by atoms with Crippen molar-refractivity contribution in [1.29, 1.82) is 0 Å². The second-order valence-corrected chi connectivity index (χ2v) is 7.43. The molecule has 0 spiro atoms. The molecule has 0 aromatic carbocycles. The lowest BCUT2D eigenvalue weighted by Gasteiger charge is -2.30. The van der Waals surface area contributed by atoms with Crippen LogP contribution < -0.4 is 14.8 Å². The van der Waals surface area contributed by atoms with Crippen LogP contribution in [0.4, 0.5) is 0 Å². The first-order valence-electron chi connectivity index (χ1n) is 6.19. The minimum absolute atomic E-state index is 0.424. The molecule has 0 aromatic rings. The van der Waals surface area contributed by atoms with Crippen LogP contribution in [0.25, 0.3) is 0 Å². The maximum atomic E-state index is 11.8. The lowest BCUT2D eigenvalue weighted by molar-refractivity contribution is 0.274. The number of hydrogen-bond acceptors (Lipinski definition) is 3. The fourth-order valence-corrected chi connectivity index (χ4v) is 3.34. The smallest absolute Gasteiger partial charge is 0.277 e. The van der Waals surface area contributed by atoms with Crippen LogP contribution in [0.1, 0.15) is 34.1 Å². The highest BCUT2D eigenvalue weighted by atomic mass is 32.2. The number of nitrogens with one attached hydrogen (secondary N) is 3. The Kier molecular flexibility index (Phi) is 4.95. The maximum Gasteiger partial charge on any atom is 0.277 e. The molecule has 6 heteroatoms. The third-order valence-electron chi connectivity index (χ3n) is 2.94. The summed E-state index contributed by atoms with van der Waals surface area (Å²) in [5, 5.41) is 3.31. The standard InChI is InChI=1S/C11H25N3O2S/c1-9-7-12-6-5-10(9)8-13-17(15,16)14-11(2,3)4/h9-10,12-14H,5-8H2,1-4H3. The Bertz CT molecular complexity index is 335. The van der Waals surface area contributed by atoms with Crippen molar-refractivity contribution in [3.05, 3.63) is 0 Å². The molecule has 2 atom stereocenters.